The molecule has 2 saturated heterocycles. The van der Waals surface area contributed by atoms with Gasteiger partial charge in [-0.2, -0.15) is 0 Å². The van der Waals surface area contributed by atoms with Gasteiger partial charge < -0.3 is 15.0 Å². The largest absolute Gasteiger partial charge is 0.444 e. The number of sulfone groups is 1. The lowest BCUT2D eigenvalue weighted by molar-refractivity contribution is 0.0269. The summed E-state index contributed by atoms with van der Waals surface area (Å²) in [5.74, 6) is 1.50. The number of piperidine rings is 1. The van der Waals surface area contributed by atoms with Gasteiger partial charge in [0.15, 0.2) is 9.84 Å². The number of rotatable bonds is 2. The van der Waals surface area contributed by atoms with Crippen LogP contribution < -0.4 is 5.32 Å². The minimum atomic E-state index is -2.86. The molecule has 1 saturated carbocycles. The molecule has 0 aromatic heterocycles. The lowest BCUT2D eigenvalue weighted by Gasteiger charge is -2.27. The van der Waals surface area contributed by atoms with Crippen LogP contribution in [0.15, 0.2) is 0 Å². The van der Waals surface area contributed by atoms with E-state index in [1.165, 1.54) is 0 Å². The van der Waals surface area contributed by atoms with Gasteiger partial charge in [-0.3, -0.25) is 0 Å². The summed E-state index contributed by atoms with van der Waals surface area (Å²) in [6.45, 7) is 7.05. The highest BCUT2D eigenvalue weighted by atomic mass is 32.2. The number of amides is 1. The number of ether oxygens (including phenoxy) is 1. The smallest absolute Gasteiger partial charge is 0.410 e. The minimum Gasteiger partial charge on any atom is -0.444 e. The van der Waals surface area contributed by atoms with Crippen molar-refractivity contribution in [1.29, 1.82) is 0 Å². The number of carbonyl (C=O) groups excluding carboxylic acids is 1. The van der Waals surface area contributed by atoms with Crippen molar-refractivity contribution in [2.24, 2.45) is 11.8 Å². The molecule has 1 N–H and O–H groups in total. The topological polar surface area (TPSA) is 75.7 Å². The van der Waals surface area contributed by atoms with Crippen molar-refractivity contribution in [1.82, 2.24) is 10.2 Å². The molecule has 3 fully saturated rings. The maximum absolute atomic E-state index is 12.0. The van der Waals surface area contributed by atoms with E-state index in [0.29, 0.717) is 23.6 Å². The first kappa shape index (κ1) is 16.1. The van der Waals surface area contributed by atoms with Crippen LogP contribution in [0, 0.1) is 11.8 Å². The first-order valence-electron chi connectivity index (χ1n) is 8.09. The van der Waals surface area contributed by atoms with E-state index in [9.17, 15) is 13.2 Å². The van der Waals surface area contributed by atoms with Gasteiger partial charge in [-0.25, -0.2) is 13.2 Å². The van der Waals surface area contributed by atoms with Crippen molar-refractivity contribution in [2.75, 3.05) is 24.6 Å². The summed E-state index contributed by atoms with van der Waals surface area (Å²) in [5, 5.41) is 3.50. The van der Waals surface area contributed by atoms with E-state index in [1.54, 1.807) is 4.90 Å². The van der Waals surface area contributed by atoms with Crippen LogP contribution in [-0.2, 0) is 14.6 Å². The Morgan fingerprint density at radius 1 is 1.23 bits per heavy atom. The first-order chi connectivity index (χ1) is 10.1. The second-order valence-corrected chi connectivity index (χ2v) is 10.1. The summed E-state index contributed by atoms with van der Waals surface area (Å²) >= 11 is 0. The molecule has 3 atom stereocenters. The summed E-state index contributed by atoms with van der Waals surface area (Å²) < 4.78 is 28.7. The molecule has 0 aromatic rings. The molecule has 6 nitrogen and oxygen atoms in total. The number of carbonyl (C=O) groups is 1. The molecule has 0 spiro atoms. The van der Waals surface area contributed by atoms with Crippen LogP contribution >= 0.6 is 0 Å². The Labute approximate surface area is 132 Å². The number of nitrogens with zero attached hydrogens (tertiary/aromatic N) is 1. The summed E-state index contributed by atoms with van der Waals surface area (Å²) in [6.07, 6.45) is 1.45. The maximum Gasteiger partial charge on any atom is 0.410 e. The molecule has 1 aliphatic carbocycles. The van der Waals surface area contributed by atoms with Crippen LogP contribution in [0.1, 0.15) is 33.6 Å². The molecular formula is C15H26N2O4S. The Kier molecular flexibility index (Phi) is 3.92. The Morgan fingerprint density at radius 2 is 1.86 bits per heavy atom. The van der Waals surface area contributed by atoms with E-state index < -0.39 is 15.4 Å². The number of hydrogen-bond acceptors (Lipinski definition) is 5. The zero-order valence-corrected chi connectivity index (χ0v) is 14.4. The third-order valence-corrected chi connectivity index (χ3v) is 6.56. The molecular weight excluding hydrogens is 304 g/mol. The summed E-state index contributed by atoms with van der Waals surface area (Å²) in [7, 11) is -2.86. The van der Waals surface area contributed by atoms with Gasteiger partial charge in [-0.1, -0.05) is 0 Å². The van der Waals surface area contributed by atoms with E-state index in [4.69, 9.17) is 4.74 Å². The van der Waals surface area contributed by atoms with Gasteiger partial charge in [0.2, 0.25) is 0 Å². The average molecular weight is 330 g/mol. The first-order valence-corrected chi connectivity index (χ1v) is 9.91. The Bertz CT molecular complexity index is 542. The van der Waals surface area contributed by atoms with Crippen molar-refractivity contribution >= 4 is 15.9 Å². The number of fused-ring (bicyclic) bond motifs is 1. The van der Waals surface area contributed by atoms with Crippen molar-refractivity contribution in [3.8, 4) is 0 Å². The Morgan fingerprint density at radius 3 is 2.41 bits per heavy atom. The molecule has 2 heterocycles. The minimum absolute atomic E-state index is 0.0873. The van der Waals surface area contributed by atoms with Gasteiger partial charge in [0, 0.05) is 25.2 Å². The quantitative estimate of drug-likeness (QED) is 0.818. The highest BCUT2D eigenvalue weighted by Crippen LogP contribution is 2.46. The molecule has 0 bridgehead atoms. The van der Waals surface area contributed by atoms with Gasteiger partial charge in [0.25, 0.3) is 0 Å². The van der Waals surface area contributed by atoms with Crippen molar-refractivity contribution in [3.05, 3.63) is 0 Å². The van der Waals surface area contributed by atoms with Gasteiger partial charge in [0.1, 0.15) is 5.60 Å². The maximum atomic E-state index is 12.0. The van der Waals surface area contributed by atoms with Gasteiger partial charge in [-0.05, 0) is 45.4 Å². The van der Waals surface area contributed by atoms with Gasteiger partial charge >= 0.3 is 6.09 Å². The summed E-state index contributed by atoms with van der Waals surface area (Å²) in [4.78, 5) is 13.8. The highest BCUT2D eigenvalue weighted by molar-refractivity contribution is 7.91. The molecule has 3 aliphatic rings. The second-order valence-electron chi connectivity index (χ2n) is 7.86. The monoisotopic (exact) mass is 330 g/mol. The predicted molar refractivity (Wildman–Crippen MR) is 83.4 cm³/mol. The summed E-state index contributed by atoms with van der Waals surface area (Å²) in [6, 6.07) is 0.460. The Hall–Kier alpha value is -0.820. The molecule has 2 aliphatic heterocycles. The van der Waals surface area contributed by atoms with Crippen molar-refractivity contribution in [3.63, 3.8) is 0 Å². The van der Waals surface area contributed by atoms with E-state index >= 15 is 0 Å². The zero-order chi connectivity index (χ0) is 16.1. The molecule has 3 unspecified atom stereocenters. The molecule has 126 valence electrons. The lowest BCUT2D eigenvalue weighted by atomic mass is 10.2. The molecule has 1 amide bonds. The lowest BCUT2D eigenvalue weighted by Crippen LogP contribution is -2.45. The van der Waals surface area contributed by atoms with Crippen molar-refractivity contribution < 1.29 is 17.9 Å². The van der Waals surface area contributed by atoms with Crippen LogP contribution in [0.25, 0.3) is 0 Å². The number of likely N-dealkylation sites (tertiary alicyclic amines) is 1. The number of hydrogen-bond donors (Lipinski definition) is 1. The second kappa shape index (κ2) is 5.37. The standard InChI is InChI=1S/C15H26N2O4S/c1-15(2,3)21-14(18)17-7-11-12(8-17)13(11)16-10-5-4-6-22(19,20)9-10/h10-13,16H,4-9H2,1-3H3. The van der Waals surface area contributed by atoms with E-state index in [-0.39, 0.29) is 17.9 Å². The summed E-state index contributed by atoms with van der Waals surface area (Å²) in [5.41, 5.74) is -0.460. The van der Waals surface area contributed by atoms with Crippen LogP contribution in [0.3, 0.4) is 0 Å². The fraction of sp³-hybridized carbons (Fsp3) is 0.933. The average Bonchev–Trinajstić information content (AvgIpc) is 2.81. The Balaban J connectivity index is 1.46. The molecule has 22 heavy (non-hydrogen) atoms. The fourth-order valence-electron chi connectivity index (χ4n) is 3.68. The van der Waals surface area contributed by atoms with E-state index in [0.717, 1.165) is 25.9 Å². The molecule has 0 aromatic carbocycles. The molecule has 3 rings (SSSR count). The third kappa shape index (κ3) is 3.56. The molecule has 7 heteroatoms. The normalized spacial score (nSPS) is 36.8. The van der Waals surface area contributed by atoms with Gasteiger partial charge in [-0.15, -0.1) is 0 Å². The van der Waals surface area contributed by atoms with Crippen LogP contribution in [-0.4, -0.2) is 61.7 Å². The third-order valence-electron chi connectivity index (χ3n) is 4.74. The SMILES string of the molecule is CC(C)(C)OC(=O)N1CC2C(C1)C2NC1CCCS(=O)(=O)C1. The molecule has 0 radical (unpaired) electrons. The van der Waals surface area contributed by atoms with E-state index in [1.807, 2.05) is 20.8 Å². The number of nitrogens with one attached hydrogen (secondary N) is 1. The predicted octanol–water partition coefficient (Wildman–Crippen LogP) is 1.02. The van der Waals surface area contributed by atoms with Crippen LogP contribution in [0.2, 0.25) is 0 Å². The van der Waals surface area contributed by atoms with Crippen LogP contribution in [0.4, 0.5) is 4.79 Å². The van der Waals surface area contributed by atoms with Crippen molar-refractivity contribution in [2.45, 2.75) is 51.3 Å². The van der Waals surface area contributed by atoms with Crippen LogP contribution in [0.5, 0.6) is 0 Å². The highest BCUT2D eigenvalue weighted by Gasteiger charge is 2.57. The zero-order valence-electron chi connectivity index (χ0n) is 13.5. The van der Waals surface area contributed by atoms with E-state index in [2.05, 4.69) is 5.32 Å². The van der Waals surface area contributed by atoms with Gasteiger partial charge in [0.05, 0.1) is 11.5 Å². The fourth-order valence-corrected chi connectivity index (χ4v) is 5.32.